The van der Waals surface area contributed by atoms with Gasteiger partial charge in [0.05, 0.1) is 0 Å². The SMILES string of the molecule is CC.N[C@H]1CN(Cc2ccccc2)C[C@@H]1c1ccccc1. The van der Waals surface area contributed by atoms with Crippen LogP contribution in [0.15, 0.2) is 60.7 Å². The monoisotopic (exact) mass is 282 g/mol. The van der Waals surface area contributed by atoms with E-state index in [1.807, 2.05) is 13.8 Å². The van der Waals surface area contributed by atoms with Crippen molar-refractivity contribution < 1.29 is 0 Å². The Hall–Kier alpha value is -1.64. The van der Waals surface area contributed by atoms with Gasteiger partial charge in [0.1, 0.15) is 0 Å². The summed E-state index contributed by atoms with van der Waals surface area (Å²) in [5.74, 6) is 0.463. The van der Waals surface area contributed by atoms with E-state index in [2.05, 4.69) is 65.6 Å². The van der Waals surface area contributed by atoms with Crippen LogP contribution in [0, 0.1) is 0 Å². The second-order valence-electron chi connectivity index (χ2n) is 5.36. The Morgan fingerprint density at radius 1 is 0.905 bits per heavy atom. The molecule has 0 amide bonds. The molecule has 0 spiro atoms. The molecule has 0 radical (unpaired) electrons. The first-order valence-corrected chi connectivity index (χ1v) is 7.90. The van der Waals surface area contributed by atoms with Crippen LogP contribution in [0.3, 0.4) is 0 Å². The second kappa shape index (κ2) is 7.96. The summed E-state index contributed by atoms with van der Waals surface area (Å²) in [6, 6.07) is 21.5. The molecule has 2 nitrogen and oxygen atoms in total. The highest BCUT2D eigenvalue weighted by Gasteiger charge is 2.30. The zero-order valence-corrected chi connectivity index (χ0v) is 13.1. The van der Waals surface area contributed by atoms with Crippen LogP contribution in [0.25, 0.3) is 0 Å². The highest BCUT2D eigenvalue weighted by atomic mass is 15.2. The average molecular weight is 282 g/mol. The van der Waals surface area contributed by atoms with Gasteiger partial charge in [-0.1, -0.05) is 74.5 Å². The molecule has 1 aliphatic rings. The van der Waals surface area contributed by atoms with Crippen LogP contribution in [0.4, 0.5) is 0 Å². The van der Waals surface area contributed by atoms with Gasteiger partial charge in [0, 0.05) is 31.6 Å². The minimum absolute atomic E-state index is 0.242. The molecule has 2 N–H and O–H groups in total. The molecule has 2 heteroatoms. The molecule has 0 saturated carbocycles. The molecule has 0 aromatic heterocycles. The maximum Gasteiger partial charge on any atom is 0.0250 e. The maximum atomic E-state index is 6.31. The van der Waals surface area contributed by atoms with Crippen LogP contribution in [-0.2, 0) is 6.54 Å². The summed E-state index contributed by atoms with van der Waals surface area (Å²) in [6.07, 6.45) is 0. The van der Waals surface area contributed by atoms with Gasteiger partial charge in [-0.15, -0.1) is 0 Å². The van der Waals surface area contributed by atoms with Crippen molar-refractivity contribution in [1.29, 1.82) is 0 Å². The molecule has 0 bridgehead atoms. The van der Waals surface area contributed by atoms with E-state index in [1.165, 1.54) is 11.1 Å². The van der Waals surface area contributed by atoms with Gasteiger partial charge in [-0.2, -0.15) is 0 Å². The van der Waals surface area contributed by atoms with Crippen LogP contribution in [0.1, 0.15) is 30.9 Å². The van der Waals surface area contributed by atoms with Crippen LogP contribution in [0.2, 0.25) is 0 Å². The van der Waals surface area contributed by atoms with Crippen molar-refractivity contribution in [3.63, 3.8) is 0 Å². The van der Waals surface area contributed by atoms with Crippen molar-refractivity contribution in [2.45, 2.75) is 32.4 Å². The Morgan fingerprint density at radius 3 is 2.10 bits per heavy atom. The van der Waals surface area contributed by atoms with Crippen LogP contribution in [0.5, 0.6) is 0 Å². The van der Waals surface area contributed by atoms with Gasteiger partial charge in [0.15, 0.2) is 0 Å². The molecule has 1 heterocycles. The minimum atomic E-state index is 0.242. The summed E-state index contributed by atoms with van der Waals surface area (Å²) >= 11 is 0. The Bertz CT molecular complexity index is 510. The fourth-order valence-corrected chi connectivity index (χ4v) is 2.94. The van der Waals surface area contributed by atoms with Gasteiger partial charge < -0.3 is 5.73 Å². The first kappa shape index (κ1) is 15.7. The summed E-state index contributed by atoms with van der Waals surface area (Å²) in [7, 11) is 0. The van der Waals surface area contributed by atoms with Crippen LogP contribution in [-0.4, -0.2) is 24.0 Å². The summed E-state index contributed by atoms with van der Waals surface area (Å²) in [6.45, 7) is 7.03. The molecule has 1 saturated heterocycles. The Labute approximate surface area is 128 Å². The van der Waals surface area contributed by atoms with Crippen LogP contribution >= 0.6 is 0 Å². The van der Waals surface area contributed by atoms with E-state index in [0.29, 0.717) is 5.92 Å². The van der Waals surface area contributed by atoms with Crippen LogP contribution < -0.4 is 5.73 Å². The first-order chi connectivity index (χ1) is 10.3. The van der Waals surface area contributed by atoms with E-state index in [0.717, 1.165) is 19.6 Å². The number of likely N-dealkylation sites (tertiary alicyclic amines) is 1. The molecule has 0 unspecified atom stereocenters. The van der Waals surface area contributed by atoms with E-state index in [9.17, 15) is 0 Å². The predicted molar refractivity (Wildman–Crippen MR) is 90.2 cm³/mol. The van der Waals surface area contributed by atoms with Crippen molar-refractivity contribution in [1.82, 2.24) is 4.90 Å². The minimum Gasteiger partial charge on any atom is -0.326 e. The second-order valence-corrected chi connectivity index (χ2v) is 5.36. The molecule has 112 valence electrons. The normalized spacial score (nSPS) is 21.7. The lowest BCUT2D eigenvalue weighted by Crippen LogP contribution is -2.28. The molecular formula is C19H26N2. The van der Waals surface area contributed by atoms with E-state index in [-0.39, 0.29) is 6.04 Å². The third kappa shape index (κ3) is 4.16. The number of nitrogens with two attached hydrogens (primary N) is 1. The topological polar surface area (TPSA) is 29.3 Å². The number of hydrogen-bond acceptors (Lipinski definition) is 2. The van der Waals surface area contributed by atoms with Gasteiger partial charge in [0.25, 0.3) is 0 Å². The lowest BCUT2D eigenvalue weighted by Gasteiger charge is -2.16. The summed E-state index contributed by atoms with van der Waals surface area (Å²) in [4.78, 5) is 2.46. The van der Waals surface area contributed by atoms with Gasteiger partial charge >= 0.3 is 0 Å². The Balaban J connectivity index is 0.000000774. The fraction of sp³-hybridized carbons (Fsp3) is 0.368. The molecule has 2 aromatic rings. The Morgan fingerprint density at radius 2 is 1.48 bits per heavy atom. The molecular weight excluding hydrogens is 256 g/mol. The predicted octanol–water partition coefficient (Wildman–Crippen LogP) is 3.64. The van der Waals surface area contributed by atoms with Gasteiger partial charge in [-0.25, -0.2) is 0 Å². The smallest absolute Gasteiger partial charge is 0.0250 e. The molecule has 1 fully saturated rings. The molecule has 1 aliphatic heterocycles. The molecule has 2 atom stereocenters. The molecule has 0 aliphatic carbocycles. The molecule has 3 rings (SSSR count). The summed E-state index contributed by atoms with van der Waals surface area (Å²) < 4.78 is 0. The molecule has 2 aromatic carbocycles. The lowest BCUT2D eigenvalue weighted by molar-refractivity contribution is 0.324. The summed E-state index contributed by atoms with van der Waals surface area (Å²) in [5, 5.41) is 0. The highest BCUT2D eigenvalue weighted by Crippen LogP contribution is 2.27. The van der Waals surface area contributed by atoms with Gasteiger partial charge in [-0.3, -0.25) is 4.90 Å². The average Bonchev–Trinajstić information content (AvgIpc) is 2.92. The number of hydrogen-bond donors (Lipinski definition) is 1. The number of benzene rings is 2. The Kier molecular flexibility index (Phi) is 5.97. The standard InChI is InChI=1S/C17H20N2.C2H6/c18-17-13-19(11-14-7-3-1-4-8-14)12-16(17)15-9-5-2-6-10-15;1-2/h1-10,16-17H,11-13,18H2;1-2H3/t16-,17+;/m1./s1. The van der Waals surface area contributed by atoms with Crippen molar-refractivity contribution in [2.24, 2.45) is 5.73 Å². The largest absolute Gasteiger partial charge is 0.326 e. The quantitative estimate of drug-likeness (QED) is 0.931. The zero-order valence-electron chi connectivity index (χ0n) is 13.1. The van der Waals surface area contributed by atoms with Crippen molar-refractivity contribution in [3.05, 3.63) is 71.8 Å². The van der Waals surface area contributed by atoms with E-state index < -0.39 is 0 Å². The van der Waals surface area contributed by atoms with E-state index in [4.69, 9.17) is 5.73 Å². The summed E-state index contributed by atoms with van der Waals surface area (Å²) in [5.41, 5.74) is 9.04. The maximum absolute atomic E-state index is 6.31. The lowest BCUT2D eigenvalue weighted by atomic mass is 9.95. The first-order valence-electron chi connectivity index (χ1n) is 7.90. The van der Waals surface area contributed by atoms with E-state index in [1.54, 1.807) is 0 Å². The third-order valence-corrected chi connectivity index (χ3v) is 3.92. The fourth-order valence-electron chi connectivity index (χ4n) is 2.94. The zero-order chi connectivity index (χ0) is 15.1. The van der Waals surface area contributed by atoms with Crippen molar-refractivity contribution in [3.8, 4) is 0 Å². The number of rotatable bonds is 3. The molecule has 21 heavy (non-hydrogen) atoms. The van der Waals surface area contributed by atoms with Crippen molar-refractivity contribution >= 4 is 0 Å². The number of nitrogens with zero attached hydrogens (tertiary/aromatic N) is 1. The third-order valence-electron chi connectivity index (χ3n) is 3.92. The van der Waals surface area contributed by atoms with E-state index >= 15 is 0 Å². The van der Waals surface area contributed by atoms with Crippen molar-refractivity contribution in [2.75, 3.05) is 13.1 Å². The van der Waals surface area contributed by atoms with Gasteiger partial charge in [-0.05, 0) is 11.1 Å². The highest BCUT2D eigenvalue weighted by molar-refractivity contribution is 5.24. The van der Waals surface area contributed by atoms with Gasteiger partial charge in [0.2, 0.25) is 0 Å².